The first-order chi connectivity index (χ1) is 14.0. The third kappa shape index (κ3) is 2.52. The Morgan fingerprint density at radius 1 is 1.07 bits per heavy atom. The molecular weight excluding hydrogens is 428 g/mol. The van der Waals surface area contributed by atoms with Crippen LogP contribution in [0.5, 0.6) is 11.5 Å². The number of hydrogen-bond acceptors (Lipinski definition) is 3. The molecule has 3 aromatic carbocycles. The molecule has 0 saturated heterocycles. The summed E-state index contributed by atoms with van der Waals surface area (Å²) in [6, 6.07) is 22.5. The van der Waals surface area contributed by atoms with E-state index in [4.69, 9.17) is 9.47 Å². The van der Waals surface area contributed by atoms with Gasteiger partial charge in [0, 0.05) is 22.0 Å². The maximum atomic E-state index is 12.3. The Hall–Kier alpha value is -2.30. The number of rotatable bonds is 3. The summed E-state index contributed by atoms with van der Waals surface area (Å²) in [6.07, 6.45) is 1.49. The molecule has 0 bridgehead atoms. The van der Waals surface area contributed by atoms with Crippen LogP contribution in [-0.2, 0) is 11.2 Å². The Morgan fingerprint density at radius 2 is 1.79 bits per heavy atom. The van der Waals surface area contributed by atoms with E-state index in [1.165, 1.54) is 5.56 Å². The number of methoxy groups -OCH3 is 1. The molecule has 0 spiro atoms. The molecular formula is C25H23BrO3. The first-order valence-corrected chi connectivity index (χ1v) is 10.7. The Kier molecular flexibility index (Phi) is 4.27. The molecule has 3 aromatic rings. The molecule has 4 heteroatoms. The molecule has 3 nitrogen and oxygen atoms in total. The van der Waals surface area contributed by atoms with Gasteiger partial charge >= 0.3 is 0 Å². The molecule has 1 saturated carbocycles. The van der Waals surface area contributed by atoms with E-state index in [0.29, 0.717) is 12.2 Å². The number of ether oxygens (including phenoxy) is 2. The summed E-state index contributed by atoms with van der Waals surface area (Å²) in [5.74, 6) is 1.49. The number of hydrogen-bond donors (Lipinski definition) is 1. The van der Waals surface area contributed by atoms with E-state index in [9.17, 15) is 5.11 Å². The molecule has 1 aliphatic heterocycles. The standard InChI is InChI=1S/C25H23BrO3/c1-16-14-20(28-2)15-22-23(16)24(27)13-12-21(17-6-4-3-5-7-17)25(24,29-22)18-8-10-19(26)11-9-18/h3-11,14-15,21,27H,12-13H2,1-2H3. The average molecular weight is 451 g/mol. The number of benzene rings is 3. The summed E-state index contributed by atoms with van der Waals surface area (Å²) >= 11 is 3.54. The van der Waals surface area contributed by atoms with E-state index in [-0.39, 0.29) is 5.92 Å². The van der Waals surface area contributed by atoms with Crippen molar-refractivity contribution in [1.82, 2.24) is 0 Å². The zero-order valence-electron chi connectivity index (χ0n) is 16.5. The predicted octanol–water partition coefficient (Wildman–Crippen LogP) is 5.82. The van der Waals surface area contributed by atoms with Gasteiger partial charge < -0.3 is 14.6 Å². The second-order valence-electron chi connectivity index (χ2n) is 8.02. The van der Waals surface area contributed by atoms with Gasteiger partial charge in [-0.15, -0.1) is 0 Å². The second-order valence-corrected chi connectivity index (χ2v) is 8.94. The van der Waals surface area contributed by atoms with Crippen LogP contribution < -0.4 is 9.47 Å². The van der Waals surface area contributed by atoms with E-state index in [1.807, 2.05) is 37.3 Å². The lowest BCUT2D eigenvalue weighted by Crippen LogP contribution is -2.48. The molecule has 148 valence electrons. The van der Waals surface area contributed by atoms with E-state index in [1.54, 1.807) is 7.11 Å². The molecule has 3 unspecified atom stereocenters. The summed E-state index contributed by atoms with van der Waals surface area (Å²) < 4.78 is 13.3. The van der Waals surface area contributed by atoms with Crippen molar-refractivity contribution >= 4 is 15.9 Å². The Balaban J connectivity index is 1.78. The maximum Gasteiger partial charge on any atom is 0.173 e. The molecule has 1 N–H and O–H groups in total. The van der Waals surface area contributed by atoms with Gasteiger partial charge in [0.2, 0.25) is 0 Å². The zero-order valence-corrected chi connectivity index (χ0v) is 18.1. The van der Waals surface area contributed by atoms with Crippen molar-refractivity contribution < 1.29 is 14.6 Å². The summed E-state index contributed by atoms with van der Waals surface area (Å²) in [5, 5.41) is 12.3. The van der Waals surface area contributed by atoms with Crippen molar-refractivity contribution in [1.29, 1.82) is 0 Å². The lowest BCUT2D eigenvalue weighted by atomic mass is 9.71. The second kappa shape index (κ2) is 6.61. The first-order valence-electron chi connectivity index (χ1n) is 9.91. The fraction of sp³-hybridized carbons (Fsp3) is 0.280. The number of aliphatic hydroxyl groups is 1. The number of halogens is 1. The number of aryl methyl sites for hydroxylation is 1. The van der Waals surface area contributed by atoms with Crippen molar-refractivity contribution in [3.05, 3.63) is 93.5 Å². The summed E-state index contributed by atoms with van der Waals surface area (Å²) in [6.45, 7) is 2.02. The van der Waals surface area contributed by atoms with Crippen molar-refractivity contribution in [3.63, 3.8) is 0 Å². The fourth-order valence-electron chi connectivity index (χ4n) is 5.40. The van der Waals surface area contributed by atoms with Gasteiger partial charge in [-0.25, -0.2) is 0 Å². The molecule has 1 heterocycles. The average Bonchev–Trinajstić information content (AvgIpc) is 3.16. The molecule has 3 atom stereocenters. The van der Waals surface area contributed by atoms with Gasteiger partial charge in [0.05, 0.1) is 7.11 Å². The third-order valence-electron chi connectivity index (χ3n) is 6.57. The Bertz CT molecular complexity index is 1060. The van der Waals surface area contributed by atoms with Gasteiger partial charge in [-0.2, -0.15) is 0 Å². The largest absolute Gasteiger partial charge is 0.497 e. The lowest BCUT2D eigenvalue weighted by Gasteiger charge is -2.40. The molecule has 29 heavy (non-hydrogen) atoms. The van der Waals surface area contributed by atoms with Gasteiger partial charge in [-0.1, -0.05) is 58.4 Å². The normalized spacial score (nSPS) is 27.2. The highest BCUT2D eigenvalue weighted by molar-refractivity contribution is 9.10. The molecule has 0 amide bonds. The Labute approximate surface area is 179 Å². The van der Waals surface area contributed by atoms with Crippen LogP contribution in [-0.4, -0.2) is 12.2 Å². The Morgan fingerprint density at radius 3 is 2.48 bits per heavy atom. The third-order valence-corrected chi connectivity index (χ3v) is 7.10. The molecule has 2 aliphatic rings. The molecule has 5 rings (SSSR count). The van der Waals surface area contributed by atoms with Gasteiger partial charge in [0.25, 0.3) is 0 Å². The van der Waals surface area contributed by atoms with Gasteiger partial charge in [-0.3, -0.25) is 0 Å². The van der Waals surface area contributed by atoms with E-state index in [0.717, 1.165) is 33.3 Å². The molecule has 0 radical (unpaired) electrons. The van der Waals surface area contributed by atoms with Crippen molar-refractivity contribution in [2.45, 2.75) is 36.9 Å². The monoisotopic (exact) mass is 450 g/mol. The molecule has 0 aromatic heterocycles. The van der Waals surface area contributed by atoms with Crippen LogP contribution in [0.4, 0.5) is 0 Å². The van der Waals surface area contributed by atoms with E-state index >= 15 is 0 Å². The smallest absolute Gasteiger partial charge is 0.173 e. The van der Waals surface area contributed by atoms with Gasteiger partial charge in [-0.05, 0) is 54.7 Å². The highest BCUT2D eigenvalue weighted by Crippen LogP contribution is 2.67. The summed E-state index contributed by atoms with van der Waals surface area (Å²) in [4.78, 5) is 0. The molecule has 1 aliphatic carbocycles. The first kappa shape index (κ1) is 18.7. The summed E-state index contributed by atoms with van der Waals surface area (Å²) in [5.41, 5.74) is 2.07. The van der Waals surface area contributed by atoms with Crippen LogP contribution in [0.1, 0.15) is 41.0 Å². The van der Waals surface area contributed by atoms with Crippen molar-refractivity contribution in [2.75, 3.05) is 7.11 Å². The highest BCUT2D eigenvalue weighted by Gasteiger charge is 2.68. The van der Waals surface area contributed by atoms with Crippen LogP contribution >= 0.6 is 15.9 Å². The lowest BCUT2D eigenvalue weighted by molar-refractivity contribution is -0.106. The van der Waals surface area contributed by atoms with E-state index in [2.05, 4.69) is 52.3 Å². The van der Waals surface area contributed by atoms with Crippen molar-refractivity contribution in [3.8, 4) is 11.5 Å². The van der Waals surface area contributed by atoms with Crippen LogP contribution in [0.3, 0.4) is 0 Å². The SMILES string of the molecule is COc1cc(C)c2c(c1)OC1(c3ccc(Br)cc3)C(c3ccccc3)CCC21O. The number of fused-ring (bicyclic) bond motifs is 3. The van der Waals surface area contributed by atoms with Crippen LogP contribution in [0.2, 0.25) is 0 Å². The van der Waals surface area contributed by atoms with Crippen LogP contribution in [0.15, 0.2) is 71.2 Å². The van der Waals surface area contributed by atoms with E-state index < -0.39 is 11.2 Å². The minimum Gasteiger partial charge on any atom is -0.497 e. The maximum absolute atomic E-state index is 12.3. The van der Waals surface area contributed by atoms with Gasteiger partial charge in [0.15, 0.2) is 5.60 Å². The minimum absolute atomic E-state index is 0.0349. The van der Waals surface area contributed by atoms with Gasteiger partial charge in [0.1, 0.15) is 17.1 Å². The van der Waals surface area contributed by atoms with Crippen LogP contribution in [0, 0.1) is 6.92 Å². The fourth-order valence-corrected chi connectivity index (χ4v) is 5.67. The summed E-state index contributed by atoms with van der Waals surface area (Å²) in [7, 11) is 1.66. The zero-order chi connectivity index (χ0) is 20.2. The quantitative estimate of drug-likeness (QED) is 0.546. The minimum atomic E-state index is -1.10. The topological polar surface area (TPSA) is 38.7 Å². The van der Waals surface area contributed by atoms with Crippen molar-refractivity contribution in [2.24, 2.45) is 0 Å². The molecule has 1 fully saturated rings. The van der Waals surface area contributed by atoms with Crippen LogP contribution in [0.25, 0.3) is 0 Å². The highest BCUT2D eigenvalue weighted by atomic mass is 79.9. The predicted molar refractivity (Wildman–Crippen MR) is 116 cm³/mol.